The third-order valence-electron chi connectivity index (χ3n) is 2.65. The van der Waals surface area contributed by atoms with Crippen molar-refractivity contribution in [3.63, 3.8) is 0 Å². The van der Waals surface area contributed by atoms with E-state index < -0.39 is 0 Å². The number of carbonyl (C=O) groups is 1. The van der Waals surface area contributed by atoms with Crippen molar-refractivity contribution >= 4 is 6.09 Å². The molecular weight excluding hydrogens is 156 g/mol. The number of piperidine rings is 1. The maximum absolute atomic E-state index is 10.8. The molecule has 0 aromatic rings. The van der Waals surface area contributed by atoms with Crippen molar-refractivity contribution in [3.05, 3.63) is 0 Å². The summed E-state index contributed by atoms with van der Waals surface area (Å²) in [5.41, 5.74) is 0. The van der Waals surface area contributed by atoms with Crippen LogP contribution in [0.3, 0.4) is 0 Å². The summed E-state index contributed by atoms with van der Waals surface area (Å²) in [6.07, 6.45) is 1.90. The number of alkyl carbamates (subject to hydrolysis) is 1. The summed E-state index contributed by atoms with van der Waals surface area (Å²) in [5.74, 6) is 0. The second-order valence-electron chi connectivity index (χ2n) is 3.44. The molecule has 4 nitrogen and oxygen atoms in total. The van der Waals surface area contributed by atoms with E-state index in [1.165, 1.54) is 0 Å². The highest BCUT2D eigenvalue weighted by Gasteiger charge is 2.38. The molecule has 4 heteroatoms. The predicted molar refractivity (Wildman–Crippen MR) is 43.9 cm³/mol. The number of rotatable bonds is 1. The summed E-state index contributed by atoms with van der Waals surface area (Å²) < 4.78 is 5.05. The van der Waals surface area contributed by atoms with Gasteiger partial charge in [0.15, 0.2) is 0 Å². The van der Waals surface area contributed by atoms with Gasteiger partial charge in [-0.25, -0.2) is 4.79 Å². The third kappa shape index (κ3) is 1.27. The van der Waals surface area contributed by atoms with E-state index in [4.69, 9.17) is 4.74 Å². The van der Waals surface area contributed by atoms with Crippen molar-refractivity contribution in [2.45, 2.75) is 38.0 Å². The second-order valence-corrected chi connectivity index (χ2v) is 3.44. The first-order chi connectivity index (χ1) is 5.79. The molecule has 3 atom stereocenters. The van der Waals surface area contributed by atoms with Crippen molar-refractivity contribution in [1.82, 2.24) is 10.6 Å². The standard InChI is InChI=1S/C8H14N2O2/c1-2-5-3-6-7(4-9-5)12-8(11)10-6/h5-7,9H,2-4H2,1H3,(H,10,11)/t5?,6-,7-/m1/s1. The quantitative estimate of drug-likeness (QED) is 0.592. The number of ether oxygens (including phenoxy) is 1. The monoisotopic (exact) mass is 170 g/mol. The van der Waals surface area contributed by atoms with Crippen LogP contribution in [0.25, 0.3) is 0 Å². The minimum absolute atomic E-state index is 0.0558. The van der Waals surface area contributed by atoms with Crippen molar-refractivity contribution in [3.8, 4) is 0 Å². The van der Waals surface area contributed by atoms with E-state index in [9.17, 15) is 4.79 Å². The van der Waals surface area contributed by atoms with Crippen LogP contribution in [0.15, 0.2) is 0 Å². The Morgan fingerprint density at radius 2 is 2.50 bits per heavy atom. The van der Waals surface area contributed by atoms with Gasteiger partial charge in [-0.15, -0.1) is 0 Å². The van der Waals surface area contributed by atoms with Gasteiger partial charge < -0.3 is 15.4 Å². The maximum atomic E-state index is 10.8. The van der Waals surface area contributed by atoms with Crippen LogP contribution >= 0.6 is 0 Å². The summed E-state index contributed by atoms with van der Waals surface area (Å²) in [7, 11) is 0. The van der Waals surface area contributed by atoms with Crippen molar-refractivity contribution in [2.75, 3.05) is 6.54 Å². The molecule has 0 aromatic carbocycles. The van der Waals surface area contributed by atoms with Crippen LogP contribution in [0.1, 0.15) is 19.8 Å². The van der Waals surface area contributed by atoms with Crippen LogP contribution in [-0.4, -0.2) is 30.8 Å². The van der Waals surface area contributed by atoms with Crippen LogP contribution in [-0.2, 0) is 4.74 Å². The Balaban J connectivity index is 1.97. The number of hydrogen-bond donors (Lipinski definition) is 2. The molecule has 12 heavy (non-hydrogen) atoms. The molecule has 0 spiro atoms. The molecular formula is C8H14N2O2. The van der Waals surface area contributed by atoms with Crippen molar-refractivity contribution in [1.29, 1.82) is 0 Å². The largest absolute Gasteiger partial charge is 0.443 e. The van der Waals surface area contributed by atoms with Gasteiger partial charge in [0, 0.05) is 12.6 Å². The van der Waals surface area contributed by atoms with Crippen LogP contribution < -0.4 is 10.6 Å². The molecule has 0 aliphatic carbocycles. The van der Waals surface area contributed by atoms with E-state index in [1.54, 1.807) is 0 Å². The Morgan fingerprint density at radius 1 is 1.67 bits per heavy atom. The zero-order chi connectivity index (χ0) is 8.55. The van der Waals surface area contributed by atoms with Crippen molar-refractivity contribution < 1.29 is 9.53 Å². The fraction of sp³-hybridized carbons (Fsp3) is 0.875. The van der Waals surface area contributed by atoms with Gasteiger partial charge in [0.05, 0.1) is 6.04 Å². The van der Waals surface area contributed by atoms with Gasteiger partial charge in [-0.2, -0.15) is 0 Å². The number of amides is 1. The van der Waals surface area contributed by atoms with Gasteiger partial charge in [0.2, 0.25) is 0 Å². The molecule has 0 aromatic heterocycles. The van der Waals surface area contributed by atoms with Gasteiger partial charge in [0.25, 0.3) is 0 Å². The average molecular weight is 170 g/mol. The minimum Gasteiger partial charge on any atom is -0.443 e. The Labute approximate surface area is 71.7 Å². The molecule has 2 aliphatic heterocycles. The molecule has 0 radical (unpaired) electrons. The van der Waals surface area contributed by atoms with Gasteiger partial charge >= 0.3 is 6.09 Å². The molecule has 2 fully saturated rings. The lowest BCUT2D eigenvalue weighted by atomic mass is 9.96. The van der Waals surface area contributed by atoms with E-state index in [0.29, 0.717) is 6.04 Å². The molecule has 1 unspecified atom stereocenters. The Bertz CT molecular complexity index is 195. The fourth-order valence-electron chi connectivity index (χ4n) is 1.88. The Kier molecular flexibility index (Phi) is 1.92. The topological polar surface area (TPSA) is 50.4 Å². The molecule has 2 rings (SSSR count). The minimum atomic E-state index is -0.261. The lowest BCUT2D eigenvalue weighted by Gasteiger charge is -2.29. The Morgan fingerprint density at radius 3 is 3.25 bits per heavy atom. The van der Waals surface area contributed by atoms with Crippen LogP contribution in [0.4, 0.5) is 4.79 Å². The van der Waals surface area contributed by atoms with E-state index in [-0.39, 0.29) is 18.2 Å². The van der Waals surface area contributed by atoms with Crippen molar-refractivity contribution in [2.24, 2.45) is 0 Å². The van der Waals surface area contributed by atoms with Gasteiger partial charge in [-0.3, -0.25) is 0 Å². The zero-order valence-corrected chi connectivity index (χ0v) is 7.17. The number of nitrogens with one attached hydrogen (secondary N) is 2. The third-order valence-corrected chi connectivity index (χ3v) is 2.65. The van der Waals surface area contributed by atoms with E-state index >= 15 is 0 Å². The SMILES string of the molecule is CCC1C[C@H]2NC(=O)O[C@@H]2CN1. The normalized spacial score (nSPS) is 40.1. The molecule has 68 valence electrons. The summed E-state index contributed by atoms with van der Waals surface area (Å²) in [6.45, 7) is 2.94. The molecule has 0 bridgehead atoms. The zero-order valence-electron chi connectivity index (χ0n) is 7.17. The van der Waals surface area contributed by atoms with E-state index in [1.807, 2.05) is 0 Å². The van der Waals surface area contributed by atoms with Gasteiger partial charge in [-0.1, -0.05) is 6.92 Å². The van der Waals surface area contributed by atoms with Gasteiger partial charge in [-0.05, 0) is 12.8 Å². The molecule has 2 heterocycles. The maximum Gasteiger partial charge on any atom is 0.407 e. The number of hydrogen-bond acceptors (Lipinski definition) is 3. The lowest BCUT2D eigenvalue weighted by molar-refractivity contribution is 0.112. The van der Waals surface area contributed by atoms with Crippen LogP contribution in [0.2, 0.25) is 0 Å². The number of carbonyl (C=O) groups excluding carboxylic acids is 1. The summed E-state index contributed by atoms with van der Waals surface area (Å²) in [4.78, 5) is 10.8. The molecule has 0 saturated carbocycles. The molecule has 2 N–H and O–H groups in total. The second kappa shape index (κ2) is 2.94. The molecule has 1 amide bonds. The average Bonchev–Trinajstić information content (AvgIpc) is 2.43. The van der Waals surface area contributed by atoms with Crippen LogP contribution in [0, 0.1) is 0 Å². The Hall–Kier alpha value is -0.770. The highest BCUT2D eigenvalue weighted by Crippen LogP contribution is 2.18. The molecule has 2 aliphatic rings. The van der Waals surface area contributed by atoms with Gasteiger partial charge in [0.1, 0.15) is 6.10 Å². The van der Waals surface area contributed by atoms with E-state index in [2.05, 4.69) is 17.6 Å². The highest BCUT2D eigenvalue weighted by molar-refractivity contribution is 5.70. The molecule has 2 saturated heterocycles. The first-order valence-corrected chi connectivity index (χ1v) is 4.50. The van der Waals surface area contributed by atoms with E-state index in [0.717, 1.165) is 19.4 Å². The summed E-state index contributed by atoms with van der Waals surface area (Å²) in [5, 5.41) is 6.16. The fourth-order valence-corrected chi connectivity index (χ4v) is 1.88. The lowest BCUT2D eigenvalue weighted by Crippen LogP contribution is -2.50. The smallest absolute Gasteiger partial charge is 0.407 e. The first kappa shape index (κ1) is 7.86. The highest BCUT2D eigenvalue weighted by atomic mass is 16.6. The first-order valence-electron chi connectivity index (χ1n) is 4.50. The number of fused-ring (bicyclic) bond motifs is 1. The summed E-state index contributed by atoms with van der Waals surface area (Å²) >= 11 is 0. The predicted octanol–water partition coefficient (Wildman–Crippen LogP) is 0.235. The van der Waals surface area contributed by atoms with Crippen LogP contribution in [0.5, 0.6) is 0 Å². The summed E-state index contributed by atoms with van der Waals surface area (Å²) in [6, 6.07) is 0.775.